The third-order valence-corrected chi connectivity index (χ3v) is 3.76. The van der Waals surface area contributed by atoms with E-state index in [-0.39, 0.29) is 5.56 Å². The largest absolute Gasteiger partial charge is 0.323 e. The van der Waals surface area contributed by atoms with Crippen LogP contribution in [0.25, 0.3) is 10.2 Å². The van der Waals surface area contributed by atoms with Gasteiger partial charge >= 0.3 is 0 Å². The Morgan fingerprint density at radius 3 is 3.00 bits per heavy atom. The van der Waals surface area contributed by atoms with Crippen molar-refractivity contribution < 1.29 is 0 Å². The number of fused-ring (bicyclic) bond motifs is 1. The zero-order chi connectivity index (χ0) is 10.3. The summed E-state index contributed by atoms with van der Waals surface area (Å²) in [5.41, 5.74) is -0.0142. The number of H-pyrrole nitrogens is 1. The van der Waals surface area contributed by atoms with E-state index >= 15 is 0 Å². The Kier molecular flexibility index (Phi) is 2.28. The number of aryl methyl sites for hydroxylation is 1. The molecule has 0 saturated carbocycles. The van der Waals surface area contributed by atoms with Crippen molar-refractivity contribution in [3.05, 3.63) is 26.1 Å². The van der Waals surface area contributed by atoms with Crippen molar-refractivity contribution in [2.45, 2.75) is 13.3 Å². The first kappa shape index (κ1) is 9.61. The van der Waals surface area contributed by atoms with Gasteiger partial charge in [-0.05, 0) is 24.7 Å². The first-order chi connectivity index (χ1) is 6.63. The lowest BCUT2D eigenvalue weighted by atomic mass is 10.3. The summed E-state index contributed by atoms with van der Waals surface area (Å²) in [6, 6.07) is 1.94. The highest BCUT2D eigenvalue weighted by atomic mass is 32.1. The summed E-state index contributed by atoms with van der Waals surface area (Å²) < 4.78 is 1.94. The summed E-state index contributed by atoms with van der Waals surface area (Å²) in [4.78, 5) is 16.9. The molecule has 0 radical (unpaired) electrons. The molecule has 3 nitrogen and oxygen atoms in total. The molecular formula is C9H10N2OS2. The molecular weight excluding hydrogens is 216 g/mol. The van der Waals surface area contributed by atoms with Crippen LogP contribution in [0.5, 0.6) is 0 Å². The molecule has 0 fully saturated rings. The van der Waals surface area contributed by atoms with Crippen molar-refractivity contribution in [3.8, 4) is 0 Å². The van der Waals surface area contributed by atoms with E-state index in [1.165, 1.54) is 9.44 Å². The summed E-state index contributed by atoms with van der Waals surface area (Å²) in [6.07, 6.45) is 0.948. The molecule has 0 bridgehead atoms. The van der Waals surface area contributed by atoms with E-state index < -0.39 is 0 Å². The average Bonchev–Trinajstić information content (AvgIpc) is 2.57. The highest BCUT2D eigenvalue weighted by Crippen LogP contribution is 2.20. The molecule has 2 heterocycles. The van der Waals surface area contributed by atoms with Gasteiger partial charge in [-0.15, -0.1) is 11.3 Å². The molecule has 5 heteroatoms. The van der Waals surface area contributed by atoms with Gasteiger partial charge in [0.25, 0.3) is 5.56 Å². The van der Waals surface area contributed by atoms with Crippen LogP contribution >= 0.6 is 23.6 Å². The van der Waals surface area contributed by atoms with Crippen LogP contribution in [0, 0.1) is 4.77 Å². The molecule has 0 amide bonds. The Morgan fingerprint density at radius 1 is 1.64 bits per heavy atom. The van der Waals surface area contributed by atoms with Crippen molar-refractivity contribution >= 4 is 33.8 Å². The fourth-order valence-corrected chi connectivity index (χ4v) is 2.56. The van der Waals surface area contributed by atoms with E-state index in [0.717, 1.165) is 16.6 Å². The molecule has 0 aliphatic heterocycles. The summed E-state index contributed by atoms with van der Waals surface area (Å²) >= 11 is 6.63. The van der Waals surface area contributed by atoms with E-state index in [1.54, 1.807) is 18.4 Å². The zero-order valence-corrected chi connectivity index (χ0v) is 9.59. The van der Waals surface area contributed by atoms with Gasteiger partial charge in [-0.25, -0.2) is 0 Å². The summed E-state index contributed by atoms with van der Waals surface area (Å²) in [7, 11) is 1.68. The standard InChI is InChI=1S/C9H10N2OS2/c1-3-5-4-6-7(14-5)10-9(13)11(2)8(6)12/h4H,3H2,1-2H3,(H,10,13). The summed E-state index contributed by atoms with van der Waals surface area (Å²) in [6.45, 7) is 2.07. The Bertz CT molecular complexity index is 591. The number of hydrogen-bond acceptors (Lipinski definition) is 3. The Labute approximate surface area is 90.0 Å². The van der Waals surface area contributed by atoms with Crippen LogP contribution in [0.1, 0.15) is 11.8 Å². The molecule has 0 spiro atoms. The molecule has 2 rings (SSSR count). The fraction of sp³-hybridized carbons (Fsp3) is 0.333. The predicted octanol–water partition coefficient (Wildman–Crippen LogP) is 2.22. The Hall–Kier alpha value is -0.940. The van der Waals surface area contributed by atoms with Crippen LogP contribution in [-0.4, -0.2) is 9.55 Å². The second-order valence-electron chi connectivity index (χ2n) is 3.10. The van der Waals surface area contributed by atoms with Gasteiger partial charge < -0.3 is 4.98 Å². The van der Waals surface area contributed by atoms with Gasteiger partial charge in [-0.2, -0.15) is 0 Å². The molecule has 2 aromatic rings. The van der Waals surface area contributed by atoms with Crippen molar-refractivity contribution in [1.29, 1.82) is 0 Å². The lowest BCUT2D eigenvalue weighted by Gasteiger charge is -1.96. The molecule has 2 aromatic heterocycles. The SMILES string of the molecule is CCc1cc2c(=O)n(C)c(=S)[nH]c2s1. The number of nitrogens with one attached hydrogen (secondary N) is 1. The minimum atomic E-state index is -0.0142. The average molecular weight is 226 g/mol. The van der Waals surface area contributed by atoms with Crippen LogP contribution in [0.3, 0.4) is 0 Å². The van der Waals surface area contributed by atoms with Crippen molar-refractivity contribution in [2.24, 2.45) is 7.05 Å². The highest BCUT2D eigenvalue weighted by Gasteiger charge is 2.06. The molecule has 0 saturated heterocycles. The normalized spacial score (nSPS) is 11.0. The van der Waals surface area contributed by atoms with Crippen LogP contribution in [-0.2, 0) is 13.5 Å². The van der Waals surface area contributed by atoms with E-state index in [1.807, 2.05) is 6.07 Å². The third kappa shape index (κ3) is 1.33. The lowest BCUT2D eigenvalue weighted by Crippen LogP contribution is -2.17. The van der Waals surface area contributed by atoms with Gasteiger partial charge in [-0.3, -0.25) is 9.36 Å². The van der Waals surface area contributed by atoms with Crippen molar-refractivity contribution in [2.75, 3.05) is 0 Å². The van der Waals surface area contributed by atoms with Crippen molar-refractivity contribution in [3.63, 3.8) is 0 Å². The van der Waals surface area contributed by atoms with Crippen molar-refractivity contribution in [1.82, 2.24) is 9.55 Å². The Balaban J connectivity index is 2.95. The number of nitrogens with zero attached hydrogens (tertiary/aromatic N) is 1. The predicted molar refractivity (Wildman–Crippen MR) is 61.6 cm³/mol. The number of aromatic nitrogens is 2. The first-order valence-electron chi connectivity index (χ1n) is 4.35. The summed E-state index contributed by atoms with van der Waals surface area (Å²) in [5, 5.41) is 0.739. The minimum Gasteiger partial charge on any atom is -0.323 e. The maximum atomic E-state index is 11.8. The van der Waals surface area contributed by atoms with E-state index in [9.17, 15) is 4.79 Å². The molecule has 0 aliphatic carbocycles. The number of rotatable bonds is 1. The van der Waals surface area contributed by atoms with Crippen LogP contribution in [0.15, 0.2) is 10.9 Å². The van der Waals surface area contributed by atoms with Crippen LogP contribution in [0.2, 0.25) is 0 Å². The van der Waals surface area contributed by atoms with E-state index in [0.29, 0.717) is 4.77 Å². The van der Waals surface area contributed by atoms with Gasteiger partial charge in [0.2, 0.25) is 0 Å². The topological polar surface area (TPSA) is 37.8 Å². The second kappa shape index (κ2) is 3.33. The molecule has 74 valence electrons. The second-order valence-corrected chi connectivity index (χ2v) is 4.63. The molecule has 0 aromatic carbocycles. The maximum Gasteiger partial charge on any atom is 0.262 e. The van der Waals surface area contributed by atoms with Gasteiger partial charge in [0.1, 0.15) is 4.83 Å². The molecule has 1 N–H and O–H groups in total. The monoisotopic (exact) mass is 226 g/mol. The van der Waals surface area contributed by atoms with Gasteiger partial charge in [-0.1, -0.05) is 6.92 Å². The van der Waals surface area contributed by atoms with Gasteiger partial charge in [0, 0.05) is 11.9 Å². The highest BCUT2D eigenvalue weighted by molar-refractivity contribution is 7.71. The number of thiophene rings is 1. The van der Waals surface area contributed by atoms with E-state index in [4.69, 9.17) is 12.2 Å². The van der Waals surface area contributed by atoms with Crippen LogP contribution < -0.4 is 5.56 Å². The lowest BCUT2D eigenvalue weighted by molar-refractivity contribution is 0.826. The third-order valence-electron chi connectivity index (χ3n) is 2.19. The molecule has 0 aliphatic rings. The molecule has 14 heavy (non-hydrogen) atoms. The fourth-order valence-electron chi connectivity index (χ4n) is 1.32. The van der Waals surface area contributed by atoms with Gasteiger partial charge in [0.05, 0.1) is 5.39 Å². The van der Waals surface area contributed by atoms with Gasteiger partial charge in [0.15, 0.2) is 4.77 Å². The summed E-state index contributed by atoms with van der Waals surface area (Å²) in [5.74, 6) is 0. The quantitative estimate of drug-likeness (QED) is 0.757. The number of aromatic amines is 1. The number of hydrogen-bond donors (Lipinski definition) is 1. The maximum absolute atomic E-state index is 11.8. The minimum absolute atomic E-state index is 0.0142. The smallest absolute Gasteiger partial charge is 0.262 e. The zero-order valence-electron chi connectivity index (χ0n) is 7.96. The first-order valence-corrected chi connectivity index (χ1v) is 5.57. The Morgan fingerprint density at radius 2 is 2.36 bits per heavy atom. The molecule has 0 atom stereocenters. The van der Waals surface area contributed by atoms with E-state index in [2.05, 4.69) is 11.9 Å². The van der Waals surface area contributed by atoms with Crippen LogP contribution in [0.4, 0.5) is 0 Å². The molecule has 0 unspecified atom stereocenters.